The molecule has 4 aromatic rings. The molecule has 4 aromatic heterocycles. The Morgan fingerprint density at radius 1 is 1.15 bits per heavy atom. The third kappa shape index (κ3) is 3.33. The van der Waals surface area contributed by atoms with Crippen LogP contribution < -0.4 is 5.32 Å². The fourth-order valence-electron chi connectivity index (χ4n) is 3.32. The molecule has 0 saturated heterocycles. The maximum atomic E-state index is 12.4. The highest BCUT2D eigenvalue weighted by atomic mass is 16.1. The zero-order valence-corrected chi connectivity index (χ0v) is 15.4. The molecule has 4 rings (SSSR count). The number of nitrogens with one attached hydrogen (secondary N) is 1. The SMILES string of the molecule is Cc1nn(-c2ccccn2)c(C)c1CCNC(=O)c1cc2ccccn2c1. The summed E-state index contributed by atoms with van der Waals surface area (Å²) in [5.41, 5.74) is 4.82. The van der Waals surface area contributed by atoms with Gasteiger partial charge >= 0.3 is 0 Å². The van der Waals surface area contributed by atoms with Gasteiger partial charge < -0.3 is 9.72 Å². The van der Waals surface area contributed by atoms with Crippen molar-refractivity contribution in [3.8, 4) is 5.82 Å². The molecule has 0 aliphatic rings. The Morgan fingerprint density at radius 2 is 2.00 bits per heavy atom. The van der Waals surface area contributed by atoms with Gasteiger partial charge in [-0.05, 0) is 56.2 Å². The summed E-state index contributed by atoms with van der Waals surface area (Å²) in [6, 6.07) is 13.5. The van der Waals surface area contributed by atoms with Gasteiger partial charge in [0.25, 0.3) is 5.91 Å². The smallest absolute Gasteiger partial charge is 0.252 e. The number of amides is 1. The van der Waals surface area contributed by atoms with Crippen LogP contribution in [-0.2, 0) is 6.42 Å². The molecule has 0 atom stereocenters. The highest BCUT2D eigenvalue weighted by Crippen LogP contribution is 2.17. The number of fused-ring (bicyclic) bond motifs is 1. The Bertz CT molecular complexity index is 1060. The molecule has 0 aromatic carbocycles. The average molecular weight is 359 g/mol. The van der Waals surface area contributed by atoms with Gasteiger partial charge in [-0.3, -0.25) is 4.79 Å². The van der Waals surface area contributed by atoms with Gasteiger partial charge in [-0.1, -0.05) is 12.1 Å². The lowest BCUT2D eigenvalue weighted by atomic mass is 10.1. The van der Waals surface area contributed by atoms with Crippen LogP contribution in [0.2, 0.25) is 0 Å². The summed E-state index contributed by atoms with van der Waals surface area (Å²) >= 11 is 0. The predicted octanol–water partition coefficient (Wildman–Crippen LogP) is 3.11. The summed E-state index contributed by atoms with van der Waals surface area (Å²) in [5, 5.41) is 7.61. The number of aryl methyl sites for hydroxylation is 1. The number of carbonyl (C=O) groups is 1. The summed E-state index contributed by atoms with van der Waals surface area (Å²) in [6.07, 6.45) is 6.27. The molecule has 6 nitrogen and oxygen atoms in total. The van der Waals surface area contributed by atoms with E-state index >= 15 is 0 Å². The van der Waals surface area contributed by atoms with Crippen molar-refractivity contribution in [3.63, 3.8) is 0 Å². The van der Waals surface area contributed by atoms with E-state index in [9.17, 15) is 4.79 Å². The zero-order valence-electron chi connectivity index (χ0n) is 15.4. The fourth-order valence-corrected chi connectivity index (χ4v) is 3.32. The third-order valence-corrected chi connectivity index (χ3v) is 4.73. The van der Waals surface area contributed by atoms with Crippen LogP contribution >= 0.6 is 0 Å². The Hall–Kier alpha value is -3.41. The first kappa shape index (κ1) is 17.0. The van der Waals surface area contributed by atoms with E-state index in [1.165, 1.54) is 0 Å². The minimum Gasteiger partial charge on any atom is -0.352 e. The van der Waals surface area contributed by atoms with Crippen LogP contribution in [0.5, 0.6) is 0 Å². The largest absolute Gasteiger partial charge is 0.352 e. The Labute approximate surface area is 157 Å². The monoisotopic (exact) mass is 359 g/mol. The molecular formula is C21H21N5O. The van der Waals surface area contributed by atoms with Crippen molar-refractivity contribution in [1.29, 1.82) is 0 Å². The molecule has 4 heterocycles. The van der Waals surface area contributed by atoms with Crippen molar-refractivity contribution in [2.75, 3.05) is 6.54 Å². The Morgan fingerprint density at radius 3 is 2.78 bits per heavy atom. The van der Waals surface area contributed by atoms with Gasteiger partial charge in [-0.15, -0.1) is 0 Å². The molecule has 6 heteroatoms. The first-order chi connectivity index (χ1) is 13.1. The number of nitrogens with zero attached hydrogens (tertiary/aromatic N) is 4. The van der Waals surface area contributed by atoms with E-state index in [1.54, 1.807) is 6.20 Å². The lowest BCUT2D eigenvalue weighted by molar-refractivity contribution is 0.0954. The van der Waals surface area contributed by atoms with Crippen LogP contribution in [0.3, 0.4) is 0 Å². The van der Waals surface area contributed by atoms with Crippen molar-refractivity contribution < 1.29 is 4.79 Å². The van der Waals surface area contributed by atoms with Crippen molar-refractivity contribution in [2.45, 2.75) is 20.3 Å². The number of hydrogen-bond acceptors (Lipinski definition) is 3. The van der Waals surface area contributed by atoms with Gasteiger partial charge in [-0.2, -0.15) is 5.10 Å². The molecule has 0 saturated carbocycles. The highest BCUT2D eigenvalue weighted by molar-refractivity contribution is 5.95. The second-order valence-electron chi connectivity index (χ2n) is 6.52. The van der Waals surface area contributed by atoms with Crippen molar-refractivity contribution in [3.05, 3.63) is 83.6 Å². The van der Waals surface area contributed by atoms with Crippen LogP contribution in [0.25, 0.3) is 11.3 Å². The molecule has 27 heavy (non-hydrogen) atoms. The van der Waals surface area contributed by atoms with Crippen LogP contribution in [0, 0.1) is 13.8 Å². The van der Waals surface area contributed by atoms with E-state index in [2.05, 4.69) is 15.4 Å². The van der Waals surface area contributed by atoms with E-state index in [0.717, 1.165) is 34.7 Å². The second kappa shape index (κ2) is 7.07. The van der Waals surface area contributed by atoms with Crippen molar-refractivity contribution >= 4 is 11.4 Å². The third-order valence-electron chi connectivity index (χ3n) is 4.73. The summed E-state index contributed by atoms with van der Waals surface area (Å²) in [6.45, 7) is 4.58. The van der Waals surface area contributed by atoms with Gasteiger partial charge in [0.15, 0.2) is 5.82 Å². The second-order valence-corrected chi connectivity index (χ2v) is 6.52. The maximum absolute atomic E-state index is 12.4. The van der Waals surface area contributed by atoms with Crippen LogP contribution in [0.15, 0.2) is 61.1 Å². The molecule has 136 valence electrons. The van der Waals surface area contributed by atoms with E-state index in [4.69, 9.17) is 0 Å². The van der Waals surface area contributed by atoms with E-state index < -0.39 is 0 Å². The van der Waals surface area contributed by atoms with Crippen LogP contribution in [-0.4, -0.2) is 31.6 Å². The lowest BCUT2D eigenvalue weighted by Gasteiger charge is -2.06. The molecular weight excluding hydrogens is 338 g/mol. The average Bonchev–Trinajstić information content (AvgIpc) is 3.24. The quantitative estimate of drug-likeness (QED) is 0.595. The summed E-state index contributed by atoms with van der Waals surface area (Å²) < 4.78 is 3.80. The predicted molar refractivity (Wildman–Crippen MR) is 104 cm³/mol. The normalized spacial score (nSPS) is 11.0. The zero-order chi connectivity index (χ0) is 18.8. The molecule has 1 amide bonds. The Balaban J connectivity index is 1.44. The summed E-state index contributed by atoms with van der Waals surface area (Å²) in [4.78, 5) is 16.8. The molecule has 0 spiro atoms. The van der Waals surface area contributed by atoms with Gasteiger partial charge in [-0.25, -0.2) is 9.67 Å². The van der Waals surface area contributed by atoms with Crippen molar-refractivity contribution in [1.82, 2.24) is 24.5 Å². The van der Waals surface area contributed by atoms with Crippen molar-refractivity contribution in [2.24, 2.45) is 0 Å². The van der Waals surface area contributed by atoms with Crippen LogP contribution in [0.4, 0.5) is 0 Å². The molecule has 0 aliphatic carbocycles. The summed E-state index contributed by atoms with van der Waals surface area (Å²) in [5.74, 6) is 0.736. The number of carbonyl (C=O) groups excluding carboxylic acids is 1. The molecule has 1 N–H and O–H groups in total. The molecule has 0 bridgehead atoms. The minimum absolute atomic E-state index is 0.0638. The van der Waals surface area contributed by atoms with Gasteiger partial charge in [0, 0.05) is 36.3 Å². The molecule has 0 radical (unpaired) electrons. The van der Waals surface area contributed by atoms with Crippen LogP contribution in [0.1, 0.15) is 27.3 Å². The number of rotatable bonds is 5. The number of hydrogen-bond donors (Lipinski definition) is 1. The number of aromatic nitrogens is 4. The molecule has 0 unspecified atom stereocenters. The van der Waals surface area contributed by atoms with Gasteiger partial charge in [0.2, 0.25) is 0 Å². The maximum Gasteiger partial charge on any atom is 0.252 e. The lowest BCUT2D eigenvalue weighted by Crippen LogP contribution is -2.25. The van der Waals surface area contributed by atoms with E-state index in [-0.39, 0.29) is 5.91 Å². The van der Waals surface area contributed by atoms with E-state index in [1.807, 2.05) is 77.8 Å². The Kier molecular flexibility index (Phi) is 4.46. The number of pyridine rings is 2. The first-order valence-electron chi connectivity index (χ1n) is 8.95. The first-order valence-corrected chi connectivity index (χ1v) is 8.95. The molecule has 0 fully saturated rings. The highest BCUT2D eigenvalue weighted by Gasteiger charge is 2.14. The fraction of sp³-hybridized carbons (Fsp3) is 0.190. The standard InChI is InChI=1S/C21H21N5O/c1-15-19(16(2)26(24-15)20-8-3-5-10-22-20)9-11-23-21(27)17-13-18-7-4-6-12-25(18)14-17/h3-8,10,12-14H,9,11H2,1-2H3,(H,23,27). The van der Waals surface area contributed by atoms with Gasteiger partial charge in [0.1, 0.15) is 0 Å². The molecule has 0 aliphatic heterocycles. The summed E-state index contributed by atoms with van der Waals surface area (Å²) in [7, 11) is 0. The van der Waals surface area contributed by atoms with Gasteiger partial charge in [0.05, 0.1) is 11.3 Å². The van der Waals surface area contributed by atoms with E-state index in [0.29, 0.717) is 12.1 Å². The topological polar surface area (TPSA) is 64.2 Å². The minimum atomic E-state index is -0.0638.